The Morgan fingerprint density at radius 1 is 1.00 bits per heavy atom. The van der Waals surface area contributed by atoms with E-state index in [0.29, 0.717) is 5.41 Å². The average Bonchev–Trinajstić information content (AvgIpc) is 2.38. The van der Waals surface area contributed by atoms with Crippen molar-refractivity contribution in [2.24, 2.45) is 0 Å². The SMILES string of the molecule is COc1ccc(C2(C[N+](C)(C)C)CCCCC2)cc1.[OH-]. The first-order chi connectivity index (χ1) is 8.95. The average molecular weight is 279 g/mol. The largest absolute Gasteiger partial charge is 0.870 e. The van der Waals surface area contributed by atoms with E-state index in [1.807, 2.05) is 0 Å². The smallest absolute Gasteiger partial charge is 0.118 e. The van der Waals surface area contributed by atoms with Gasteiger partial charge >= 0.3 is 0 Å². The van der Waals surface area contributed by atoms with Crippen LogP contribution in [0, 0.1) is 0 Å². The summed E-state index contributed by atoms with van der Waals surface area (Å²) < 4.78 is 6.32. The summed E-state index contributed by atoms with van der Waals surface area (Å²) >= 11 is 0. The third-order valence-electron chi connectivity index (χ3n) is 4.29. The van der Waals surface area contributed by atoms with Gasteiger partial charge in [0.1, 0.15) is 5.75 Å². The summed E-state index contributed by atoms with van der Waals surface area (Å²) in [5, 5.41) is 0. The fourth-order valence-electron chi connectivity index (χ4n) is 3.62. The minimum absolute atomic E-state index is 0. The minimum atomic E-state index is 0. The molecule has 1 saturated carbocycles. The molecule has 1 aromatic rings. The summed E-state index contributed by atoms with van der Waals surface area (Å²) in [7, 11) is 8.65. The molecule has 1 aromatic carbocycles. The first-order valence-corrected chi connectivity index (χ1v) is 7.40. The lowest BCUT2D eigenvalue weighted by molar-refractivity contribution is -0.875. The first kappa shape index (κ1) is 17.0. The molecule has 20 heavy (non-hydrogen) atoms. The fraction of sp³-hybridized carbons (Fsp3) is 0.647. The maximum atomic E-state index is 5.29. The molecule has 0 aromatic heterocycles. The Hall–Kier alpha value is -1.06. The first-order valence-electron chi connectivity index (χ1n) is 7.40. The molecule has 0 spiro atoms. The third-order valence-corrected chi connectivity index (χ3v) is 4.29. The molecule has 1 N–H and O–H groups in total. The van der Waals surface area contributed by atoms with Gasteiger partial charge in [-0.2, -0.15) is 0 Å². The van der Waals surface area contributed by atoms with E-state index in [9.17, 15) is 0 Å². The highest BCUT2D eigenvalue weighted by atomic mass is 16.5. The minimum Gasteiger partial charge on any atom is -0.870 e. The molecule has 3 nitrogen and oxygen atoms in total. The number of likely N-dealkylation sites (N-methyl/N-ethyl adjacent to an activating group) is 1. The molecule has 1 aliphatic carbocycles. The van der Waals surface area contributed by atoms with Crippen LogP contribution in [0.3, 0.4) is 0 Å². The van der Waals surface area contributed by atoms with Gasteiger partial charge in [0, 0.05) is 5.41 Å². The van der Waals surface area contributed by atoms with Crippen LogP contribution in [-0.4, -0.2) is 44.8 Å². The van der Waals surface area contributed by atoms with Gasteiger partial charge in [0.2, 0.25) is 0 Å². The van der Waals surface area contributed by atoms with Crippen molar-refractivity contribution in [2.45, 2.75) is 37.5 Å². The second kappa shape index (κ2) is 6.59. The van der Waals surface area contributed by atoms with Crippen molar-refractivity contribution in [1.82, 2.24) is 0 Å². The fourth-order valence-corrected chi connectivity index (χ4v) is 3.62. The van der Waals surface area contributed by atoms with Crippen molar-refractivity contribution in [3.8, 4) is 5.75 Å². The van der Waals surface area contributed by atoms with Crippen molar-refractivity contribution in [3.05, 3.63) is 29.8 Å². The van der Waals surface area contributed by atoms with E-state index in [0.717, 1.165) is 10.2 Å². The van der Waals surface area contributed by atoms with E-state index < -0.39 is 0 Å². The van der Waals surface area contributed by atoms with Gasteiger partial charge in [-0.05, 0) is 30.5 Å². The highest BCUT2D eigenvalue weighted by Crippen LogP contribution is 2.41. The lowest BCUT2D eigenvalue weighted by Crippen LogP contribution is -2.48. The topological polar surface area (TPSA) is 39.2 Å². The van der Waals surface area contributed by atoms with E-state index in [1.165, 1.54) is 44.2 Å². The summed E-state index contributed by atoms with van der Waals surface area (Å²) in [6.45, 7) is 1.22. The van der Waals surface area contributed by atoms with Crippen molar-refractivity contribution in [2.75, 3.05) is 34.8 Å². The number of methoxy groups -OCH3 is 1. The van der Waals surface area contributed by atoms with Gasteiger partial charge in [0.25, 0.3) is 0 Å². The highest BCUT2D eigenvalue weighted by Gasteiger charge is 2.38. The van der Waals surface area contributed by atoms with Crippen LogP contribution >= 0.6 is 0 Å². The van der Waals surface area contributed by atoms with Gasteiger partial charge in [-0.25, -0.2) is 0 Å². The van der Waals surface area contributed by atoms with Gasteiger partial charge in [0.05, 0.1) is 34.8 Å². The van der Waals surface area contributed by atoms with Crippen molar-refractivity contribution >= 4 is 0 Å². The maximum Gasteiger partial charge on any atom is 0.118 e. The summed E-state index contributed by atoms with van der Waals surface area (Å²) in [6.07, 6.45) is 6.79. The molecule has 0 aliphatic heterocycles. The molecule has 1 fully saturated rings. The molecule has 2 rings (SSSR count). The summed E-state index contributed by atoms with van der Waals surface area (Å²) in [5.41, 5.74) is 1.86. The zero-order chi connectivity index (χ0) is 13.9. The third kappa shape index (κ3) is 3.97. The van der Waals surface area contributed by atoms with E-state index in [1.54, 1.807) is 7.11 Å². The number of ether oxygens (including phenoxy) is 1. The van der Waals surface area contributed by atoms with Gasteiger partial charge in [0.15, 0.2) is 0 Å². The number of hydrogen-bond donors (Lipinski definition) is 0. The standard InChI is InChI=1S/C17H28NO.H2O/c1-18(2,3)14-17(12-6-5-7-13-17)15-8-10-16(19-4)11-9-15;/h8-11H,5-7,12-14H2,1-4H3;1H2/q+1;/p-1. The molecule has 0 amide bonds. The molecule has 3 heteroatoms. The van der Waals surface area contributed by atoms with Crippen LogP contribution in [0.25, 0.3) is 0 Å². The Morgan fingerprint density at radius 2 is 1.55 bits per heavy atom. The normalized spacial score (nSPS) is 18.2. The number of quaternary nitrogens is 1. The van der Waals surface area contributed by atoms with Gasteiger partial charge in [-0.15, -0.1) is 0 Å². The predicted molar refractivity (Wildman–Crippen MR) is 82.6 cm³/mol. The molecule has 0 heterocycles. The van der Waals surface area contributed by atoms with Crippen molar-refractivity contribution in [3.63, 3.8) is 0 Å². The van der Waals surface area contributed by atoms with Crippen LogP contribution in [0.4, 0.5) is 0 Å². The van der Waals surface area contributed by atoms with Crippen LogP contribution in [0.15, 0.2) is 24.3 Å². The lowest BCUT2D eigenvalue weighted by atomic mass is 9.69. The Labute approximate surface area is 123 Å². The van der Waals surface area contributed by atoms with E-state index in [-0.39, 0.29) is 5.48 Å². The summed E-state index contributed by atoms with van der Waals surface area (Å²) in [6, 6.07) is 8.78. The summed E-state index contributed by atoms with van der Waals surface area (Å²) in [5.74, 6) is 0.958. The number of rotatable bonds is 4. The maximum absolute atomic E-state index is 5.29. The predicted octanol–water partition coefficient (Wildman–Crippen LogP) is 3.43. The zero-order valence-electron chi connectivity index (χ0n) is 13.4. The molecule has 114 valence electrons. The Balaban J connectivity index is 0.00000200. The number of nitrogens with zero attached hydrogens (tertiary/aromatic N) is 1. The second-order valence-corrected chi connectivity index (χ2v) is 7.02. The molecular formula is C17H29NO2. The van der Waals surface area contributed by atoms with E-state index in [4.69, 9.17) is 4.74 Å². The van der Waals surface area contributed by atoms with E-state index in [2.05, 4.69) is 45.4 Å². The quantitative estimate of drug-likeness (QED) is 0.792. The van der Waals surface area contributed by atoms with Gasteiger partial charge < -0.3 is 14.7 Å². The monoisotopic (exact) mass is 279 g/mol. The Morgan fingerprint density at radius 3 is 2.00 bits per heavy atom. The second-order valence-electron chi connectivity index (χ2n) is 7.02. The number of hydrogen-bond acceptors (Lipinski definition) is 2. The van der Waals surface area contributed by atoms with Crippen LogP contribution in [-0.2, 0) is 5.41 Å². The zero-order valence-corrected chi connectivity index (χ0v) is 13.4. The van der Waals surface area contributed by atoms with E-state index >= 15 is 0 Å². The van der Waals surface area contributed by atoms with Crippen molar-refractivity contribution < 1.29 is 14.7 Å². The van der Waals surface area contributed by atoms with Crippen LogP contribution in [0.2, 0.25) is 0 Å². The van der Waals surface area contributed by atoms with Gasteiger partial charge in [-0.3, -0.25) is 0 Å². The molecular weight excluding hydrogens is 250 g/mol. The van der Waals surface area contributed by atoms with Crippen molar-refractivity contribution in [1.29, 1.82) is 0 Å². The Bertz CT molecular complexity index is 400. The number of benzene rings is 1. The molecule has 0 saturated heterocycles. The van der Waals surface area contributed by atoms with Gasteiger partial charge in [-0.1, -0.05) is 31.4 Å². The summed E-state index contributed by atoms with van der Waals surface area (Å²) in [4.78, 5) is 0. The Kier molecular flexibility index (Phi) is 5.60. The van der Waals surface area contributed by atoms with Crippen LogP contribution in [0.1, 0.15) is 37.7 Å². The molecule has 1 aliphatic rings. The molecule has 0 atom stereocenters. The van der Waals surface area contributed by atoms with Crippen LogP contribution in [0.5, 0.6) is 5.75 Å². The molecule has 0 unspecified atom stereocenters. The highest BCUT2D eigenvalue weighted by molar-refractivity contribution is 5.33. The van der Waals surface area contributed by atoms with Crippen LogP contribution < -0.4 is 4.74 Å². The molecule has 0 radical (unpaired) electrons. The lowest BCUT2D eigenvalue weighted by Gasteiger charge is -2.42. The molecule has 0 bridgehead atoms.